The summed E-state index contributed by atoms with van der Waals surface area (Å²) in [4.78, 5) is 21.8. The average Bonchev–Trinajstić information content (AvgIpc) is 2.95. The van der Waals surface area contributed by atoms with E-state index in [2.05, 4.69) is 35.6 Å². The van der Waals surface area contributed by atoms with Crippen LogP contribution < -0.4 is 4.90 Å². The highest BCUT2D eigenvalue weighted by molar-refractivity contribution is 5.94. The predicted molar refractivity (Wildman–Crippen MR) is 95.4 cm³/mol. The second-order valence-corrected chi connectivity index (χ2v) is 7.65. The van der Waals surface area contributed by atoms with Gasteiger partial charge in [0.2, 0.25) is 0 Å². The van der Waals surface area contributed by atoms with E-state index in [9.17, 15) is 4.79 Å². The molecule has 0 spiro atoms. The number of pyridine rings is 1. The molecule has 0 radical (unpaired) electrons. The molecule has 0 aromatic carbocycles. The largest absolute Gasteiger partial charge is 0.378 e. The van der Waals surface area contributed by atoms with Crippen LogP contribution in [0.4, 0.5) is 5.69 Å². The van der Waals surface area contributed by atoms with Crippen LogP contribution in [0.1, 0.15) is 50.5 Å². The first-order valence-electron chi connectivity index (χ1n) is 9.10. The molecular weight excluding hydrogens is 302 g/mol. The van der Waals surface area contributed by atoms with Crippen molar-refractivity contribution in [2.75, 3.05) is 37.7 Å². The van der Waals surface area contributed by atoms with Gasteiger partial charge in [-0.25, -0.2) is 0 Å². The lowest BCUT2D eigenvalue weighted by molar-refractivity contribution is 0.0580. The third-order valence-electron chi connectivity index (χ3n) is 5.18. The van der Waals surface area contributed by atoms with E-state index in [1.54, 1.807) is 6.20 Å². The summed E-state index contributed by atoms with van der Waals surface area (Å²) < 4.78 is 5.41. The topological polar surface area (TPSA) is 45.7 Å². The van der Waals surface area contributed by atoms with Crippen molar-refractivity contribution in [2.45, 2.75) is 45.6 Å². The molecule has 5 nitrogen and oxygen atoms in total. The number of carbonyl (C=O) groups is 1. The molecule has 2 aliphatic rings. The van der Waals surface area contributed by atoms with E-state index < -0.39 is 0 Å². The van der Waals surface area contributed by atoms with E-state index in [-0.39, 0.29) is 11.4 Å². The number of likely N-dealkylation sites (tertiary alicyclic amines) is 1. The zero-order valence-electron chi connectivity index (χ0n) is 15.1. The summed E-state index contributed by atoms with van der Waals surface area (Å²) in [6.45, 7) is 10.7. The molecule has 2 fully saturated rings. The van der Waals surface area contributed by atoms with Gasteiger partial charge in [0.15, 0.2) is 0 Å². The first-order chi connectivity index (χ1) is 11.5. The fraction of sp³-hybridized carbons (Fsp3) is 0.684. The molecule has 2 aliphatic heterocycles. The number of morpholine rings is 1. The molecule has 1 atom stereocenters. The number of hydrogen-bond donors (Lipinski definition) is 0. The number of ether oxygens (including phenoxy) is 1. The number of carbonyl (C=O) groups excluding carboxylic acids is 1. The van der Waals surface area contributed by atoms with Gasteiger partial charge in [0.1, 0.15) is 5.69 Å². The van der Waals surface area contributed by atoms with Crippen molar-refractivity contribution in [1.29, 1.82) is 0 Å². The van der Waals surface area contributed by atoms with Crippen molar-refractivity contribution in [2.24, 2.45) is 5.92 Å². The first kappa shape index (κ1) is 17.2. The van der Waals surface area contributed by atoms with Crippen LogP contribution in [-0.2, 0) is 4.74 Å². The summed E-state index contributed by atoms with van der Waals surface area (Å²) >= 11 is 0. The Bertz CT molecular complexity index is 584. The number of hydrogen-bond acceptors (Lipinski definition) is 4. The van der Waals surface area contributed by atoms with Gasteiger partial charge in [-0.3, -0.25) is 9.78 Å². The molecule has 1 unspecified atom stereocenters. The van der Waals surface area contributed by atoms with Crippen molar-refractivity contribution >= 4 is 11.6 Å². The van der Waals surface area contributed by atoms with Crippen molar-refractivity contribution < 1.29 is 9.53 Å². The molecule has 0 aliphatic carbocycles. The maximum Gasteiger partial charge on any atom is 0.272 e. The second-order valence-electron chi connectivity index (χ2n) is 7.65. The number of aromatic nitrogens is 1. The van der Waals surface area contributed by atoms with Crippen molar-refractivity contribution in [3.05, 3.63) is 24.0 Å². The second kappa shape index (κ2) is 7.09. The van der Waals surface area contributed by atoms with Gasteiger partial charge >= 0.3 is 0 Å². The minimum atomic E-state index is -0.0398. The highest BCUT2D eigenvalue weighted by atomic mass is 16.5. The Morgan fingerprint density at radius 1 is 1.33 bits per heavy atom. The lowest BCUT2D eigenvalue weighted by Crippen LogP contribution is -2.46. The molecular formula is C19H29N3O2. The van der Waals surface area contributed by atoms with Gasteiger partial charge in [0.05, 0.1) is 13.2 Å². The first-order valence-corrected chi connectivity index (χ1v) is 9.10. The van der Waals surface area contributed by atoms with Gasteiger partial charge in [0, 0.05) is 37.1 Å². The highest BCUT2D eigenvalue weighted by Gasteiger charge is 2.40. The van der Waals surface area contributed by atoms with E-state index in [1.165, 1.54) is 0 Å². The summed E-state index contributed by atoms with van der Waals surface area (Å²) in [5.41, 5.74) is 1.60. The van der Waals surface area contributed by atoms with Gasteiger partial charge in [-0.05, 0) is 44.2 Å². The lowest BCUT2D eigenvalue weighted by Gasteiger charge is -2.37. The Balaban J connectivity index is 1.79. The van der Waals surface area contributed by atoms with Crippen LogP contribution in [0.3, 0.4) is 0 Å². The van der Waals surface area contributed by atoms with Gasteiger partial charge in [-0.1, -0.05) is 13.8 Å². The molecule has 5 heteroatoms. The van der Waals surface area contributed by atoms with Crippen LogP contribution in [0.5, 0.6) is 0 Å². The zero-order valence-corrected chi connectivity index (χ0v) is 15.1. The zero-order chi connectivity index (χ0) is 17.2. The van der Waals surface area contributed by atoms with Crippen LogP contribution in [-0.4, -0.2) is 54.2 Å². The molecule has 2 saturated heterocycles. The quantitative estimate of drug-likeness (QED) is 0.851. The van der Waals surface area contributed by atoms with Gasteiger partial charge in [-0.15, -0.1) is 0 Å². The minimum Gasteiger partial charge on any atom is -0.378 e. The average molecular weight is 331 g/mol. The monoisotopic (exact) mass is 331 g/mol. The Morgan fingerprint density at radius 3 is 2.79 bits per heavy atom. The van der Waals surface area contributed by atoms with Gasteiger partial charge in [0.25, 0.3) is 5.91 Å². The summed E-state index contributed by atoms with van der Waals surface area (Å²) in [5.74, 6) is 0.654. The molecule has 24 heavy (non-hydrogen) atoms. The van der Waals surface area contributed by atoms with Crippen LogP contribution in [0, 0.1) is 5.92 Å². The molecule has 0 saturated carbocycles. The number of nitrogens with zero attached hydrogens (tertiary/aromatic N) is 3. The molecule has 0 N–H and O–H groups in total. The number of amides is 1. The molecule has 132 valence electrons. The van der Waals surface area contributed by atoms with Crippen molar-refractivity contribution in [1.82, 2.24) is 9.88 Å². The third-order valence-corrected chi connectivity index (χ3v) is 5.18. The fourth-order valence-electron chi connectivity index (χ4n) is 4.15. The van der Waals surface area contributed by atoms with Crippen molar-refractivity contribution in [3.63, 3.8) is 0 Å². The summed E-state index contributed by atoms with van der Waals surface area (Å²) in [7, 11) is 0. The number of anilines is 1. The van der Waals surface area contributed by atoms with E-state index in [1.807, 2.05) is 12.1 Å². The molecule has 0 bridgehead atoms. The predicted octanol–water partition coefficient (Wildman–Crippen LogP) is 2.96. The van der Waals surface area contributed by atoms with Crippen LogP contribution in [0.25, 0.3) is 0 Å². The molecule has 1 amide bonds. The van der Waals surface area contributed by atoms with Crippen molar-refractivity contribution in [3.8, 4) is 0 Å². The van der Waals surface area contributed by atoms with E-state index >= 15 is 0 Å². The number of rotatable bonds is 4. The molecule has 3 rings (SSSR count). The Kier molecular flexibility index (Phi) is 5.09. The SMILES string of the molecule is CC(C)CC1(C)CCCN1C(=O)c1cc(N2CCOCC2)ccn1. The minimum absolute atomic E-state index is 0.0398. The molecule has 3 heterocycles. The van der Waals surface area contributed by atoms with E-state index in [4.69, 9.17) is 4.74 Å². The lowest BCUT2D eigenvalue weighted by atomic mass is 9.88. The van der Waals surface area contributed by atoms with E-state index in [0.717, 1.165) is 57.8 Å². The molecule has 1 aromatic heterocycles. The Morgan fingerprint density at radius 2 is 2.08 bits per heavy atom. The van der Waals surface area contributed by atoms with Gasteiger partial charge in [-0.2, -0.15) is 0 Å². The normalized spacial score (nSPS) is 24.7. The maximum atomic E-state index is 13.1. The Hall–Kier alpha value is -1.62. The standard InChI is InChI=1S/C19H29N3O2/c1-15(2)14-19(3)6-4-8-22(19)18(23)17-13-16(5-7-20-17)21-9-11-24-12-10-21/h5,7,13,15H,4,6,8-12,14H2,1-3H3. The third kappa shape index (κ3) is 3.56. The fourth-order valence-corrected chi connectivity index (χ4v) is 4.15. The summed E-state index contributed by atoms with van der Waals surface area (Å²) in [6, 6.07) is 3.93. The summed E-state index contributed by atoms with van der Waals surface area (Å²) in [5, 5.41) is 0. The van der Waals surface area contributed by atoms with Gasteiger partial charge < -0.3 is 14.5 Å². The maximum absolute atomic E-state index is 13.1. The smallest absolute Gasteiger partial charge is 0.272 e. The van der Waals surface area contributed by atoms with E-state index in [0.29, 0.717) is 11.6 Å². The highest BCUT2D eigenvalue weighted by Crippen LogP contribution is 2.35. The van der Waals surface area contributed by atoms with Crippen LogP contribution in [0.2, 0.25) is 0 Å². The van der Waals surface area contributed by atoms with Crippen LogP contribution >= 0.6 is 0 Å². The molecule has 1 aromatic rings. The van der Waals surface area contributed by atoms with Crippen LogP contribution in [0.15, 0.2) is 18.3 Å². The summed E-state index contributed by atoms with van der Waals surface area (Å²) in [6.07, 6.45) is 4.97. The Labute approximate surface area is 145 Å².